The Morgan fingerprint density at radius 1 is 0.966 bits per heavy atom. The summed E-state index contributed by atoms with van der Waals surface area (Å²) in [5.41, 5.74) is 8.56. The zero-order chi connectivity index (χ0) is 21.0. The molecule has 0 spiro atoms. The van der Waals surface area contributed by atoms with E-state index in [1.165, 1.54) is 12.1 Å². The zero-order valence-electron chi connectivity index (χ0n) is 16.5. The smallest absolute Gasteiger partial charge is 0.240 e. The third-order valence-electron chi connectivity index (χ3n) is 4.82. The third-order valence-corrected chi connectivity index (χ3v) is 6.35. The van der Waals surface area contributed by atoms with E-state index in [1.807, 2.05) is 26.0 Å². The molecule has 0 atom stereocenters. The van der Waals surface area contributed by atoms with Gasteiger partial charge in [-0.05, 0) is 68.1 Å². The lowest BCUT2D eigenvalue weighted by atomic mass is 10.0. The number of amides is 1. The molecule has 1 aliphatic rings. The molecule has 0 aliphatic heterocycles. The highest BCUT2D eigenvalue weighted by atomic mass is 32.2. The summed E-state index contributed by atoms with van der Waals surface area (Å²) in [4.78, 5) is 24.4. The summed E-state index contributed by atoms with van der Waals surface area (Å²) >= 11 is 0. The minimum atomic E-state index is -3.50. The Balaban J connectivity index is 1.46. The van der Waals surface area contributed by atoms with E-state index in [0.29, 0.717) is 11.3 Å². The molecule has 0 unspecified atom stereocenters. The van der Waals surface area contributed by atoms with Crippen molar-refractivity contribution in [3.63, 3.8) is 0 Å². The molecule has 3 rings (SSSR count). The normalized spacial score (nSPS) is 13.7. The van der Waals surface area contributed by atoms with Gasteiger partial charge >= 0.3 is 0 Å². The minimum absolute atomic E-state index is 0.0450. The lowest BCUT2D eigenvalue weighted by molar-refractivity contribution is -0.120. The minimum Gasteiger partial charge on any atom is -0.299 e. The van der Waals surface area contributed by atoms with E-state index >= 15 is 0 Å². The summed E-state index contributed by atoms with van der Waals surface area (Å²) < 4.78 is 26.9. The van der Waals surface area contributed by atoms with Crippen molar-refractivity contribution >= 4 is 27.4 Å². The van der Waals surface area contributed by atoms with Crippen LogP contribution in [0.25, 0.3) is 0 Å². The highest BCUT2D eigenvalue weighted by molar-refractivity contribution is 7.89. The van der Waals surface area contributed by atoms with Gasteiger partial charge in [0.2, 0.25) is 15.9 Å². The molecule has 3 N–H and O–H groups in total. The number of hydrogen-bond donors (Lipinski definition) is 3. The molecule has 0 bridgehead atoms. The molecule has 1 saturated carbocycles. The van der Waals surface area contributed by atoms with Crippen LogP contribution in [0.2, 0.25) is 0 Å². The Morgan fingerprint density at radius 3 is 2.28 bits per heavy atom. The van der Waals surface area contributed by atoms with Gasteiger partial charge in [-0.15, -0.1) is 0 Å². The van der Waals surface area contributed by atoms with Gasteiger partial charge in [-0.25, -0.2) is 13.1 Å². The number of Topliss-reactive ketones (excluding diaryl/α,β-unsaturated/α-hetero) is 1. The van der Waals surface area contributed by atoms with Crippen molar-refractivity contribution in [3.8, 4) is 0 Å². The van der Waals surface area contributed by atoms with Gasteiger partial charge in [0.05, 0.1) is 10.6 Å². The summed E-state index contributed by atoms with van der Waals surface area (Å²) in [5, 5.41) is 0. The number of carbonyl (C=O) groups excluding carboxylic acids is 2. The molecule has 29 heavy (non-hydrogen) atoms. The van der Waals surface area contributed by atoms with Crippen LogP contribution in [0, 0.1) is 13.8 Å². The molecule has 0 saturated heterocycles. The number of benzene rings is 2. The first-order valence-corrected chi connectivity index (χ1v) is 11.0. The molecule has 154 valence electrons. The summed E-state index contributed by atoms with van der Waals surface area (Å²) in [7, 11) is -3.50. The van der Waals surface area contributed by atoms with Crippen molar-refractivity contribution in [2.24, 2.45) is 0 Å². The number of hydrazine groups is 1. The molecule has 0 heterocycles. The van der Waals surface area contributed by atoms with Gasteiger partial charge in [-0.1, -0.05) is 12.1 Å². The second kappa shape index (κ2) is 8.75. The number of hydrogen-bond acceptors (Lipinski definition) is 5. The number of aryl methyl sites for hydroxylation is 2. The van der Waals surface area contributed by atoms with Gasteiger partial charge in [0, 0.05) is 24.4 Å². The number of nitrogens with one attached hydrogen (secondary N) is 3. The largest absolute Gasteiger partial charge is 0.299 e. The summed E-state index contributed by atoms with van der Waals surface area (Å²) in [6.45, 7) is 3.93. The second-order valence-electron chi connectivity index (χ2n) is 7.32. The standard InChI is InChI=1S/C21H25N3O4S/c1-14-3-4-16(13-15(14)2)20(25)11-12-21(26)23-22-17-7-9-19(10-8-17)29(27,28)24-18-5-6-18/h3-4,7-10,13,18,22,24H,5-6,11-12H2,1-2H3,(H,23,26). The molecule has 0 aromatic heterocycles. The van der Waals surface area contributed by atoms with Gasteiger partial charge in [-0.3, -0.25) is 20.4 Å². The van der Waals surface area contributed by atoms with Crippen LogP contribution < -0.4 is 15.6 Å². The van der Waals surface area contributed by atoms with E-state index in [2.05, 4.69) is 15.6 Å². The molecule has 2 aromatic carbocycles. The predicted molar refractivity (Wildman–Crippen MR) is 111 cm³/mol. The van der Waals surface area contributed by atoms with Crippen LogP contribution in [-0.2, 0) is 14.8 Å². The first-order valence-electron chi connectivity index (χ1n) is 9.52. The van der Waals surface area contributed by atoms with Crippen LogP contribution in [0.3, 0.4) is 0 Å². The van der Waals surface area contributed by atoms with Crippen LogP contribution >= 0.6 is 0 Å². The van der Waals surface area contributed by atoms with Crippen LogP contribution in [0.5, 0.6) is 0 Å². The second-order valence-corrected chi connectivity index (χ2v) is 9.03. The molecule has 8 heteroatoms. The Bertz CT molecular complexity index is 1010. The Morgan fingerprint density at radius 2 is 1.66 bits per heavy atom. The van der Waals surface area contributed by atoms with Crippen molar-refractivity contribution in [1.29, 1.82) is 0 Å². The van der Waals surface area contributed by atoms with Gasteiger partial charge in [0.25, 0.3) is 0 Å². The molecular weight excluding hydrogens is 390 g/mol. The van der Waals surface area contributed by atoms with Gasteiger partial charge in [0.15, 0.2) is 5.78 Å². The third kappa shape index (κ3) is 5.88. The summed E-state index contributed by atoms with van der Waals surface area (Å²) in [6, 6.07) is 11.6. The predicted octanol–water partition coefficient (Wildman–Crippen LogP) is 2.85. The van der Waals surface area contributed by atoms with Crippen molar-refractivity contribution in [2.75, 3.05) is 5.43 Å². The highest BCUT2D eigenvalue weighted by Gasteiger charge is 2.27. The van der Waals surface area contributed by atoms with E-state index in [-0.39, 0.29) is 35.5 Å². The number of carbonyl (C=O) groups is 2. The Hall–Kier alpha value is -2.71. The summed E-state index contributed by atoms with van der Waals surface area (Å²) in [5.74, 6) is -0.407. The van der Waals surface area contributed by atoms with E-state index in [9.17, 15) is 18.0 Å². The molecule has 1 fully saturated rings. The van der Waals surface area contributed by atoms with E-state index in [1.54, 1.807) is 18.2 Å². The van der Waals surface area contributed by atoms with Crippen molar-refractivity contribution < 1.29 is 18.0 Å². The summed E-state index contributed by atoms with van der Waals surface area (Å²) in [6.07, 6.45) is 1.91. The first-order chi connectivity index (χ1) is 13.7. The molecule has 7 nitrogen and oxygen atoms in total. The van der Waals surface area contributed by atoms with Crippen molar-refractivity contribution in [3.05, 3.63) is 59.2 Å². The first kappa shape index (κ1) is 21.0. The average molecular weight is 416 g/mol. The fourth-order valence-electron chi connectivity index (χ4n) is 2.70. The van der Waals surface area contributed by atoms with Gasteiger partial charge in [0.1, 0.15) is 0 Å². The molecule has 0 radical (unpaired) electrons. The number of anilines is 1. The van der Waals surface area contributed by atoms with Crippen LogP contribution in [-0.4, -0.2) is 26.2 Å². The lowest BCUT2D eigenvalue weighted by Gasteiger charge is -2.10. The fourth-order valence-corrected chi connectivity index (χ4v) is 4.00. The Kier molecular flexibility index (Phi) is 6.34. The quantitative estimate of drug-likeness (QED) is 0.432. The van der Waals surface area contributed by atoms with Crippen LogP contribution in [0.15, 0.2) is 47.4 Å². The maximum absolute atomic E-state index is 12.2. The maximum Gasteiger partial charge on any atom is 0.240 e. The molecule has 2 aromatic rings. The Labute approximate surface area is 170 Å². The monoisotopic (exact) mass is 415 g/mol. The SMILES string of the molecule is Cc1ccc(C(=O)CCC(=O)NNc2ccc(S(=O)(=O)NC3CC3)cc2)cc1C. The van der Waals surface area contributed by atoms with E-state index < -0.39 is 10.0 Å². The zero-order valence-corrected chi connectivity index (χ0v) is 17.3. The van der Waals surface area contributed by atoms with E-state index in [0.717, 1.165) is 24.0 Å². The van der Waals surface area contributed by atoms with Gasteiger partial charge < -0.3 is 0 Å². The number of ketones is 1. The molecular formula is C21H25N3O4S. The number of rotatable bonds is 9. The average Bonchev–Trinajstić information content (AvgIpc) is 3.50. The molecule has 1 aliphatic carbocycles. The lowest BCUT2D eigenvalue weighted by Crippen LogP contribution is -2.29. The van der Waals surface area contributed by atoms with Crippen molar-refractivity contribution in [2.45, 2.75) is 50.5 Å². The maximum atomic E-state index is 12.2. The highest BCUT2D eigenvalue weighted by Crippen LogP contribution is 2.22. The molecule has 1 amide bonds. The fraction of sp³-hybridized carbons (Fsp3) is 0.333. The van der Waals surface area contributed by atoms with E-state index in [4.69, 9.17) is 0 Å². The van der Waals surface area contributed by atoms with Crippen LogP contribution in [0.4, 0.5) is 5.69 Å². The van der Waals surface area contributed by atoms with Gasteiger partial charge in [-0.2, -0.15) is 0 Å². The van der Waals surface area contributed by atoms with Crippen LogP contribution in [0.1, 0.15) is 47.2 Å². The number of sulfonamides is 1. The topological polar surface area (TPSA) is 104 Å². The van der Waals surface area contributed by atoms with Crippen molar-refractivity contribution in [1.82, 2.24) is 10.1 Å².